The van der Waals surface area contributed by atoms with E-state index in [9.17, 15) is 17.6 Å². The summed E-state index contributed by atoms with van der Waals surface area (Å²) >= 11 is 0. The molecule has 0 saturated heterocycles. The van der Waals surface area contributed by atoms with Crippen LogP contribution in [0.2, 0.25) is 0 Å². The molecule has 0 aromatic heterocycles. The lowest BCUT2D eigenvalue weighted by Crippen LogP contribution is -2.18. The molecular weight excluding hydrogens is 384 g/mol. The average molecular weight is 406 g/mol. The van der Waals surface area contributed by atoms with Gasteiger partial charge in [-0.25, -0.2) is 13.2 Å². The number of hydrogen-bond acceptors (Lipinski definition) is 2. The normalized spacial score (nSPS) is 17.7. The van der Waals surface area contributed by atoms with Crippen LogP contribution in [0.3, 0.4) is 0 Å². The van der Waals surface area contributed by atoms with E-state index in [-0.39, 0.29) is 48.2 Å². The van der Waals surface area contributed by atoms with E-state index in [1.165, 1.54) is 12.1 Å². The molecule has 0 N–H and O–H groups in total. The van der Waals surface area contributed by atoms with Crippen LogP contribution in [0.25, 0.3) is 16.7 Å². The molecule has 2 aromatic carbocycles. The van der Waals surface area contributed by atoms with Crippen LogP contribution in [0.15, 0.2) is 18.2 Å². The van der Waals surface area contributed by atoms with Crippen molar-refractivity contribution in [3.63, 3.8) is 0 Å². The second-order valence-electron chi connectivity index (χ2n) is 7.42. The summed E-state index contributed by atoms with van der Waals surface area (Å²) in [6.07, 6.45) is 4.68. The minimum absolute atomic E-state index is 0.0874. The zero-order chi connectivity index (χ0) is 20.7. The number of ether oxygens (including phenoxy) is 2. The molecule has 0 spiro atoms. The first-order chi connectivity index (χ1) is 14.0. The maximum Gasteiger partial charge on any atom is 0.201 e. The maximum absolute atomic E-state index is 15.0. The SMILES string of the molecule is CCCC1CC=C(c2cc3c(c(F)c2F)-c2c(cc(OCC)c(F)c2F)C3)CO1. The maximum atomic E-state index is 15.0. The molecule has 2 aliphatic rings. The fourth-order valence-corrected chi connectivity index (χ4v) is 4.17. The zero-order valence-electron chi connectivity index (χ0n) is 16.4. The van der Waals surface area contributed by atoms with Crippen molar-refractivity contribution in [3.05, 3.63) is 58.2 Å². The summed E-state index contributed by atoms with van der Waals surface area (Å²) < 4.78 is 69.8. The highest BCUT2D eigenvalue weighted by molar-refractivity contribution is 5.82. The van der Waals surface area contributed by atoms with Crippen molar-refractivity contribution in [2.75, 3.05) is 13.2 Å². The van der Waals surface area contributed by atoms with E-state index in [0.29, 0.717) is 23.1 Å². The summed E-state index contributed by atoms with van der Waals surface area (Å²) in [5.74, 6) is -4.83. The monoisotopic (exact) mass is 406 g/mol. The first-order valence-electron chi connectivity index (χ1n) is 9.92. The quantitative estimate of drug-likeness (QED) is 0.471. The van der Waals surface area contributed by atoms with Crippen LogP contribution < -0.4 is 4.74 Å². The summed E-state index contributed by atoms with van der Waals surface area (Å²) in [4.78, 5) is 0. The van der Waals surface area contributed by atoms with Gasteiger partial charge in [0, 0.05) is 16.7 Å². The molecule has 154 valence electrons. The molecule has 29 heavy (non-hydrogen) atoms. The topological polar surface area (TPSA) is 18.5 Å². The van der Waals surface area contributed by atoms with Crippen molar-refractivity contribution in [2.45, 2.75) is 45.6 Å². The summed E-state index contributed by atoms with van der Waals surface area (Å²) in [5.41, 5.74) is 1.08. The lowest BCUT2D eigenvalue weighted by molar-refractivity contribution is 0.0659. The van der Waals surface area contributed by atoms with Gasteiger partial charge in [-0.15, -0.1) is 0 Å². The Kier molecular flexibility index (Phi) is 5.38. The third kappa shape index (κ3) is 3.33. The van der Waals surface area contributed by atoms with Gasteiger partial charge in [-0.2, -0.15) is 4.39 Å². The van der Waals surface area contributed by atoms with Crippen LogP contribution in [-0.2, 0) is 11.2 Å². The second kappa shape index (κ2) is 7.82. The van der Waals surface area contributed by atoms with Crippen molar-refractivity contribution in [3.8, 4) is 16.9 Å². The number of hydrogen-bond donors (Lipinski definition) is 0. The van der Waals surface area contributed by atoms with Crippen LogP contribution in [-0.4, -0.2) is 19.3 Å². The molecule has 0 amide bonds. The van der Waals surface area contributed by atoms with Gasteiger partial charge in [0.2, 0.25) is 5.82 Å². The zero-order valence-corrected chi connectivity index (χ0v) is 16.4. The van der Waals surface area contributed by atoms with Crippen LogP contribution in [0, 0.1) is 23.3 Å². The van der Waals surface area contributed by atoms with Crippen molar-refractivity contribution < 1.29 is 27.0 Å². The van der Waals surface area contributed by atoms with Gasteiger partial charge in [0.1, 0.15) is 0 Å². The Bertz CT molecular complexity index is 997. The first-order valence-corrected chi connectivity index (χ1v) is 9.92. The highest BCUT2D eigenvalue weighted by atomic mass is 19.2. The van der Waals surface area contributed by atoms with E-state index in [1.807, 2.05) is 6.08 Å². The standard InChI is InChI=1S/C23H22F4O2/c1-3-5-15-7-6-12(11-29-15)16-9-13-8-14-10-17(28-4-2)21(25)23(27)19(14)18(13)22(26)20(16)24/h6,9-10,15H,3-5,7-8,11H2,1-2H3. The minimum atomic E-state index is -1.21. The molecule has 1 heterocycles. The Morgan fingerprint density at radius 1 is 0.966 bits per heavy atom. The molecule has 0 saturated carbocycles. The summed E-state index contributed by atoms with van der Waals surface area (Å²) in [6.45, 7) is 4.09. The molecule has 1 atom stereocenters. The predicted octanol–water partition coefficient (Wildman–Crippen LogP) is 6.19. The van der Waals surface area contributed by atoms with Gasteiger partial charge < -0.3 is 9.47 Å². The Morgan fingerprint density at radius 3 is 2.28 bits per heavy atom. The van der Waals surface area contributed by atoms with E-state index in [0.717, 1.165) is 12.8 Å². The third-order valence-corrected chi connectivity index (χ3v) is 5.53. The molecule has 1 aliphatic carbocycles. The van der Waals surface area contributed by atoms with Gasteiger partial charge in [0.15, 0.2) is 23.2 Å². The largest absolute Gasteiger partial charge is 0.491 e. The van der Waals surface area contributed by atoms with Gasteiger partial charge in [-0.05, 0) is 55.0 Å². The Morgan fingerprint density at radius 2 is 1.66 bits per heavy atom. The van der Waals surface area contributed by atoms with Crippen LogP contribution >= 0.6 is 0 Å². The predicted molar refractivity (Wildman–Crippen MR) is 103 cm³/mol. The van der Waals surface area contributed by atoms with Crippen molar-refractivity contribution in [1.29, 1.82) is 0 Å². The van der Waals surface area contributed by atoms with Gasteiger partial charge in [0.05, 0.1) is 19.3 Å². The number of rotatable bonds is 5. The Balaban J connectivity index is 1.77. The van der Waals surface area contributed by atoms with E-state index < -0.39 is 23.3 Å². The molecule has 1 unspecified atom stereocenters. The Labute approximate surface area is 167 Å². The number of benzene rings is 2. The molecule has 1 aliphatic heterocycles. The van der Waals surface area contributed by atoms with E-state index in [4.69, 9.17) is 9.47 Å². The smallest absolute Gasteiger partial charge is 0.201 e. The third-order valence-electron chi connectivity index (χ3n) is 5.53. The molecule has 6 heteroatoms. The van der Waals surface area contributed by atoms with Crippen molar-refractivity contribution >= 4 is 5.57 Å². The molecule has 0 fully saturated rings. The Hall–Kier alpha value is -2.34. The fourth-order valence-electron chi connectivity index (χ4n) is 4.17. The second-order valence-corrected chi connectivity index (χ2v) is 7.42. The van der Waals surface area contributed by atoms with Crippen molar-refractivity contribution in [2.24, 2.45) is 0 Å². The molecule has 0 bridgehead atoms. The van der Waals surface area contributed by atoms with Gasteiger partial charge in [-0.1, -0.05) is 19.4 Å². The molecular formula is C23H22F4O2. The molecule has 4 rings (SSSR count). The minimum Gasteiger partial charge on any atom is -0.491 e. The lowest BCUT2D eigenvalue weighted by Gasteiger charge is -2.23. The average Bonchev–Trinajstić information content (AvgIpc) is 3.08. The molecule has 2 nitrogen and oxygen atoms in total. The number of halogens is 4. The van der Waals surface area contributed by atoms with Crippen molar-refractivity contribution in [1.82, 2.24) is 0 Å². The number of fused-ring (bicyclic) bond motifs is 3. The highest BCUT2D eigenvalue weighted by Gasteiger charge is 2.33. The summed E-state index contributed by atoms with van der Waals surface area (Å²) in [6, 6.07) is 2.90. The van der Waals surface area contributed by atoms with Crippen LogP contribution in [0.5, 0.6) is 5.75 Å². The summed E-state index contributed by atoms with van der Waals surface area (Å²) in [5, 5.41) is 0. The van der Waals surface area contributed by atoms with E-state index >= 15 is 0 Å². The summed E-state index contributed by atoms with van der Waals surface area (Å²) in [7, 11) is 0. The van der Waals surface area contributed by atoms with Gasteiger partial charge >= 0.3 is 0 Å². The van der Waals surface area contributed by atoms with Gasteiger partial charge in [0.25, 0.3) is 0 Å². The molecule has 2 aromatic rings. The fraction of sp³-hybridized carbons (Fsp3) is 0.391. The lowest BCUT2D eigenvalue weighted by atomic mass is 9.95. The van der Waals surface area contributed by atoms with Crippen LogP contribution in [0.4, 0.5) is 17.6 Å². The van der Waals surface area contributed by atoms with E-state index in [1.54, 1.807) is 6.92 Å². The van der Waals surface area contributed by atoms with Gasteiger partial charge in [-0.3, -0.25) is 0 Å². The highest BCUT2D eigenvalue weighted by Crippen LogP contribution is 2.45. The first kappa shape index (κ1) is 20.0. The van der Waals surface area contributed by atoms with E-state index in [2.05, 4.69) is 6.92 Å². The molecule has 0 radical (unpaired) electrons. The van der Waals surface area contributed by atoms with Crippen LogP contribution in [0.1, 0.15) is 49.8 Å².